The Bertz CT molecular complexity index is 424. The number of nitrogens with one attached hydrogen (secondary N) is 1. The summed E-state index contributed by atoms with van der Waals surface area (Å²) in [7, 11) is 1.82. The Morgan fingerprint density at radius 3 is 2.65 bits per heavy atom. The fraction of sp³-hybridized carbons (Fsp3) is 0.364. The molecule has 0 saturated carbocycles. The summed E-state index contributed by atoms with van der Waals surface area (Å²) >= 11 is 9.26. The summed E-state index contributed by atoms with van der Waals surface area (Å²) in [5.41, 5.74) is 0.627. The highest BCUT2D eigenvalue weighted by molar-refractivity contribution is 9.10. The topological polar surface area (TPSA) is 32.3 Å². The molecule has 1 aliphatic heterocycles. The summed E-state index contributed by atoms with van der Waals surface area (Å²) in [6.45, 7) is 1.74. The minimum absolute atomic E-state index is 0. The maximum absolute atomic E-state index is 12.1. The van der Waals surface area contributed by atoms with Crippen LogP contribution >= 0.6 is 39.9 Å². The smallest absolute Gasteiger partial charge is 0.253 e. The Balaban J connectivity index is 0.00000144. The van der Waals surface area contributed by atoms with Gasteiger partial charge in [-0.1, -0.05) is 11.6 Å². The van der Waals surface area contributed by atoms with Crippen LogP contribution in [0.25, 0.3) is 0 Å². The van der Waals surface area contributed by atoms with E-state index in [1.54, 1.807) is 23.1 Å². The SMILES string of the molecule is CN(C(=O)c1ccc(Br)c(Cl)c1)C1CNC1.Cl. The van der Waals surface area contributed by atoms with Crippen molar-refractivity contribution < 1.29 is 4.79 Å². The van der Waals surface area contributed by atoms with E-state index >= 15 is 0 Å². The van der Waals surface area contributed by atoms with E-state index in [0.29, 0.717) is 16.6 Å². The summed E-state index contributed by atoms with van der Waals surface area (Å²) < 4.78 is 0.804. The molecule has 3 nitrogen and oxygen atoms in total. The number of carbonyl (C=O) groups is 1. The van der Waals surface area contributed by atoms with Crippen LogP contribution in [0.3, 0.4) is 0 Å². The molecule has 1 N–H and O–H groups in total. The van der Waals surface area contributed by atoms with Crippen molar-refractivity contribution in [1.29, 1.82) is 0 Å². The molecule has 1 fully saturated rings. The highest BCUT2D eigenvalue weighted by Crippen LogP contribution is 2.24. The maximum atomic E-state index is 12.1. The lowest BCUT2D eigenvalue weighted by molar-refractivity contribution is 0.0681. The number of rotatable bonds is 2. The lowest BCUT2D eigenvalue weighted by Gasteiger charge is -2.35. The quantitative estimate of drug-likeness (QED) is 0.898. The second kappa shape index (κ2) is 6.05. The molecule has 0 spiro atoms. The first-order valence-electron chi connectivity index (χ1n) is 5.02. The molecule has 1 amide bonds. The van der Waals surface area contributed by atoms with Gasteiger partial charge in [0.2, 0.25) is 0 Å². The molecule has 0 radical (unpaired) electrons. The van der Waals surface area contributed by atoms with Crippen molar-refractivity contribution in [3.8, 4) is 0 Å². The number of benzene rings is 1. The first kappa shape index (κ1) is 14.8. The van der Waals surface area contributed by atoms with Gasteiger partial charge in [0.15, 0.2) is 0 Å². The third-order valence-corrected chi connectivity index (χ3v) is 4.03. The van der Waals surface area contributed by atoms with Crippen LogP contribution in [0.4, 0.5) is 0 Å². The van der Waals surface area contributed by atoms with Gasteiger partial charge in [-0.15, -0.1) is 12.4 Å². The normalized spacial score (nSPS) is 14.8. The highest BCUT2D eigenvalue weighted by Gasteiger charge is 2.26. The Morgan fingerprint density at radius 1 is 1.53 bits per heavy atom. The van der Waals surface area contributed by atoms with Gasteiger partial charge in [-0.25, -0.2) is 0 Å². The molecule has 6 heteroatoms. The summed E-state index contributed by atoms with van der Waals surface area (Å²) in [4.78, 5) is 13.8. The Morgan fingerprint density at radius 2 is 2.18 bits per heavy atom. The Hall–Kier alpha value is -0.290. The maximum Gasteiger partial charge on any atom is 0.253 e. The van der Waals surface area contributed by atoms with Gasteiger partial charge in [-0.3, -0.25) is 4.79 Å². The molecule has 0 bridgehead atoms. The molecule has 94 valence electrons. The van der Waals surface area contributed by atoms with E-state index < -0.39 is 0 Å². The first-order valence-corrected chi connectivity index (χ1v) is 6.19. The van der Waals surface area contributed by atoms with Crippen LogP contribution in [0.15, 0.2) is 22.7 Å². The molecule has 0 aliphatic carbocycles. The fourth-order valence-electron chi connectivity index (χ4n) is 1.55. The average Bonchev–Trinajstić information content (AvgIpc) is 2.18. The zero-order valence-electron chi connectivity index (χ0n) is 9.24. The van der Waals surface area contributed by atoms with Gasteiger partial charge >= 0.3 is 0 Å². The van der Waals surface area contributed by atoms with Crippen molar-refractivity contribution in [2.75, 3.05) is 20.1 Å². The van der Waals surface area contributed by atoms with E-state index in [-0.39, 0.29) is 18.3 Å². The van der Waals surface area contributed by atoms with Gasteiger partial charge < -0.3 is 10.2 Å². The number of nitrogens with zero attached hydrogens (tertiary/aromatic N) is 1. The standard InChI is InChI=1S/C11H12BrClN2O.ClH/c1-15(8-5-14-6-8)11(16)7-2-3-9(12)10(13)4-7;/h2-4,8,14H,5-6H2,1H3;1H. The van der Waals surface area contributed by atoms with Crippen molar-refractivity contribution in [3.63, 3.8) is 0 Å². The lowest BCUT2D eigenvalue weighted by atomic mass is 10.1. The van der Waals surface area contributed by atoms with Gasteiger partial charge in [0.05, 0.1) is 11.1 Å². The van der Waals surface area contributed by atoms with E-state index in [9.17, 15) is 4.79 Å². The molecule has 1 saturated heterocycles. The third-order valence-electron chi connectivity index (χ3n) is 2.79. The largest absolute Gasteiger partial charge is 0.336 e. The minimum Gasteiger partial charge on any atom is -0.336 e. The van der Waals surface area contributed by atoms with Crippen molar-refractivity contribution in [1.82, 2.24) is 10.2 Å². The van der Waals surface area contributed by atoms with E-state index in [2.05, 4.69) is 21.2 Å². The monoisotopic (exact) mass is 338 g/mol. The number of likely N-dealkylation sites (N-methyl/N-ethyl adjacent to an activating group) is 1. The van der Waals surface area contributed by atoms with Crippen molar-refractivity contribution in [2.24, 2.45) is 0 Å². The molecular weight excluding hydrogens is 327 g/mol. The van der Waals surface area contributed by atoms with Crippen LogP contribution in [0.2, 0.25) is 5.02 Å². The van der Waals surface area contributed by atoms with Crippen LogP contribution < -0.4 is 5.32 Å². The minimum atomic E-state index is 0. The lowest BCUT2D eigenvalue weighted by Crippen LogP contribution is -2.57. The number of amides is 1. The molecule has 1 aromatic carbocycles. The van der Waals surface area contributed by atoms with Gasteiger partial charge in [0.25, 0.3) is 5.91 Å². The van der Waals surface area contributed by atoms with Crippen LogP contribution in [0.1, 0.15) is 10.4 Å². The zero-order valence-corrected chi connectivity index (χ0v) is 12.4. The van der Waals surface area contributed by atoms with Crippen molar-refractivity contribution in [2.45, 2.75) is 6.04 Å². The van der Waals surface area contributed by atoms with Crippen LogP contribution in [-0.2, 0) is 0 Å². The number of hydrogen-bond acceptors (Lipinski definition) is 2. The van der Waals surface area contributed by atoms with Gasteiger partial charge in [-0.2, -0.15) is 0 Å². The van der Waals surface area contributed by atoms with E-state index in [1.807, 2.05) is 7.05 Å². The molecule has 0 unspecified atom stereocenters. The van der Waals surface area contributed by atoms with Gasteiger partial charge in [0.1, 0.15) is 0 Å². The molecule has 2 rings (SSSR count). The van der Waals surface area contributed by atoms with E-state index in [4.69, 9.17) is 11.6 Å². The molecule has 1 aliphatic rings. The van der Waals surface area contributed by atoms with Crippen LogP contribution in [0, 0.1) is 0 Å². The number of halogens is 3. The average molecular weight is 340 g/mol. The Kier molecular flexibility index (Phi) is 5.25. The molecule has 1 aromatic rings. The summed E-state index contributed by atoms with van der Waals surface area (Å²) in [5, 5.41) is 3.70. The first-order chi connectivity index (χ1) is 7.59. The number of hydrogen-bond donors (Lipinski definition) is 1. The van der Waals surface area contributed by atoms with Crippen LogP contribution in [-0.4, -0.2) is 37.0 Å². The predicted molar refractivity (Wildman–Crippen MR) is 75.2 cm³/mol. The number of carbonyl (C=O) groups excluding carboxylic acids is 1. The molecule has 0 aromatic heterocycles. The Labute approximate surface area is 120 Å². The second-order valence-electron chi connectivity index (χ2n) is 3.86. The molecule has 1 heterocycles. The van der Waals surface area contributed by atoms with E-state index in [1.165, 1.54) is 0 Å². The zero-order chi connectivity index (χ0) is 11.7. The van der Waals surface area contributed by atoms with E-state index in [0.717, 1.165) is 17.6 Å². The fourth-order valence-corrected chi connectivity index (χ4v) is 1.97. The van der Waals surface area contributed by atoms with Gasteiger partial charge in [0, 0.05) is 30.2 Å². The highest BCUT2D eigenvalue weighted by atomic mass is 79.9. The van der Waals surface area contributed by atoms with Gasteiger partial charge in [-0.05, 0) is 34.1 Å². The van der Waals surface area contributed by atoms with Crippen LogP contribution in [0.5, 0.6) is 0 Å². The molecule has 0 atom stereocenters. The second-order valence-corrected chi connectivity index (χ2v) is 5.12. The third kappa shape index (κ3) is 3.13. The van der Waals surface area contributed by atoms with Crippen molar-refractivity contribution >= 4 is 45.8 Å². The van der Waals surface area contributed by atoms with Crippen molar-refractivity contribution in [3.05, 3.63) is 33.3 Å². The summed E-state index contributed by atoms with van der Waals surface area (Å²) in [6, 6.07) is 5.56. The summed E-state index contributed by atoms with van der Waals surface area (Å²) in [6.07, 6.45) is 0. The summed E-state index contributed by atoms with van der Waals surface area (Å²) in [5.74, 6) is 0.0147. The molecular formula is C11H13BrCl2N2O. The predicted octanol–water partition coefficient (Wildman–Crippen LogP) is 2.57. The molecule has 17 heavy (non-hydrogen) atoms.